The molecule has 0 spiro atoms. The van der Waals surface area contributed by atoms with Gasteiger partial charge in [0, 0.05) is 45.1 Å². The molecule has 1 aromatic carbocycles. The molecule has 3 aromatic rings. The molecule has 0 radical (unpaired) electrons. The van der Waals surface area contributed by atoms with Gasteiger partial charge in [0.2, 0.25) is 5.78 Å². The molecule has 1 saturated carbocycles. The highest BCUT2D eigenvalue weighted by Crippen LogP contribution is 2.33. The lowest BCUT2D eigenvalue weighted by atomic mass is 9.84. The van der Waals surface area contributed by atoms with Gasteiger partial charge >= 0.3 is 0 Å². The highest BCUT2D eigenvalue weighted by molar-refractivity contribution is 6.76. The van der Waals surface area contributed by atoms with Crippen molar-refractivity contribution < 1.29 is 27.9 Å². The average Bonchev–Trinajstić information content (AvgIpc) is 3.56. The fraction of sp³-hybridized carbons (Fsp3) is 0.516. The minimum Gasteiger partial charge on any atom is -0.360 e. The minimum absolute atomic E-state index is 0.0569. The third-order valence-corrected chi connectivity index (χ3v) is 9.66. The second-order valence-corrected chi connectivity index (χ2v) is 18.3. The summed E-state index contributed by atoms with van der Waals surface area (Å²) < 4.78 is 37.1. The molecule has 43 heavy (non-hydrogen) atoms. The Kier molecular flexibility index (Phi) is 10.4. The molecule has 4 rings (SSSR count). The fourth-order valence-corrected chi connectivity index (χ4v) is 6.15. The van der Waals surface area contributed by atoms with Crippen LogP contribution in [0.15, 0.2) is 36.7 Å². The molecule has 0 aliphatic heterocycles. The lowest BCUT2D eigenvalue weighted by Crippen LogP contribution is -2.36. The Morgan fingerprint density at radius 3 is 2.37 bits per heavy atom. The second-order valence-electron chi connectivity index (χ2n) is 12.7. The summed E-state index contributed by atoms with van der Waals surface area (Å²) in [6.07, 6.45) is 6.20. The van der Waals surface area contributed by atoms with E-state index >= 15 is 0 Å². The SMILES string of the molecule is CC(=O)C1CCC(n2ncc(C(=O)N(CC(=O)c3ccn(COCC[Si](C)(C)C)n3)Cc3cc(F)cc(F)c3)c2C)CC1. The zero-order valence-electron chi connectivity index (χ0n) is 25.6. The summed E-state index contributed by atoms with van der Waals surface area (Å²) in [6, 6.07) is 5.67. The third-order valence-electron chi connectivity index (χ3n) is 7.96. The van der Waals surface area contributed by atoms with Crippen molar-refractivity contribution >= 4 is 25.5 Å². The first kappa shape index (κ1) is 32.4. The molecule has 0 bridgehead atoms. The van der Waals surface area contributed by atoms with Gasteiger partial charge in [-0.1, -0.05) is 19.6 Å². The van der Waals surface area contributed by atoms with Crippen LogP contribution in [0.5, 0.6) is 0 Å². The van der Waals surface area contributed by atoms with E-state index in [-0.39, 0.29) is 48.8 Å². The van der Waals surface area contributed by atoms with Crippen LogP contribution in [0.1, 0.15) is 70.8 Å². The Balaban J connectivity index is 1.50. The third kappa shape index (κ3) is 8.76. The van der Waals surface area contributed by atoms with E-state index in [2.05, 4.69) is 29.8 Å². The average molecular weight is 614 g/mol. The summed E-state index contributed by atoms with van der Waals surface area (Å²) in [7, 11) is -1.24. The standard InChI is InChI=1S/C31H41F2N5O4Si/c1-21-28(17-34-38(21)27-8-6-24(7-9-27)22(2)39)31(41)36(18-23-14-25(32)16-26(33)15-23)19-30(40)29-10-11-37(35-29)20-42-12-13-43(3,4)5/h10-11,14-17,24,27H,6-9,12-13,18-20H2,1-5H3. The van der Waals surface area contributed by atoms with Crippen LogP contribution >= 0.6 is 0 Å². The number of rotatable bonds is 13. The van der Waals surface area contributed by atoms with E-state index < -0.39 is 31.4 Å². The van der Waals surface area contributed by atoms with Gasteiger partial charge in [-0.25, -0.2) is 13.5 Å². The number of ether oxygens (including phenoxy) is 1. The number of benzene rings is 1. The van der Waals surface area contributed by atoms with Crippen LogP contribution < -0.4 is 0 Å². The summed E-state index contributed by atoms with van der Waals surface area (Å²) >= 11 is 0. The van der Waals surface area contributed by atoms with Crippen molar-refractivity contribution in [2.45, 2.75) is 84.5 Å². The van der Waals surface area contributed by atoms with Gasteiger partial charge in [0.05, 0.1) is 24.3 Å². The van der Waals surface area contributed by atoms with Crippen LogP contribution in [0.2, 0.25) is 25.7 Å². The lowest BCUT2D eigenvalue weighted by molar-refractivity contribution is -0.121. The molecule has 0 saturated heterocycles. The van der Waals surface area contributed by atoms with Gasteiger partial charge < -0.3 is 9.64 Å². The van der Waals surface area contributed by atoms with Crippen molar-refractivity contribution in [3.05, 3.63) is 70.8 Å². The highest BCUT2D eigenvalue weighted by Gasteiger charge is 2.29. The Labute approximate surface area is 252 Å². The quantitative estimate of drug-likeness (QED) is 0.137. The van der Waals surface area contributed by atoms with Crippen LogP contribution in [0, 0.1) is 24.5 Å². The number of hydrogen-bond donors (Lipinski definition) is 0. The molecule has 9 nitrogen and oxygen atoms in total. The van der Waals surface area contributed by atoms with Crippen LogP contribution in [0.4, 0.5) is 8.78 Å². The number of Topliss-reactive ketones (excluding diaryl/α,β-unsaturated/α-hetero) is 2. The maximum atomic E-state index is 14.0. The van der Waals surface area contributed by atoms with E-state index in [0.29, 0.717) is 17.9 Å². The predicted octanol–water partition coefficient (Wildman–Crippen LogP) is 5.82. The molecular formula is C31H41F2N5O4Si. The van der Waals surface area contributed by atoms with E-state index in [1.807, 2.05) is 4.68 Å². The van der Waals surface area contributed by atoms with Crippen molar-refractivity contribution in [2.24, 2.45) is 5.92 Å². The number of carbonyl (C=O) groups is 3. The summed E-state index contributed by atoms with van der Waals surface area (Å²) in [5.41, 5.74) is 1.32. The van der Waals surface area contributed by atoms with E-state index in [1.54, 1.807) is 26.1 Å². The summed E-state index contributed by atoms with van der Waals surface area (Å²) in [4.78, 5) is 40.2. The van der Waals surface area contributed by atoms with Crippen molar-refractivity contribution in [3.63, 3.8) is 0 Å². The molecule has 1 aliphatic carbocycles. The maximum absolute atomic E-state index is 14.0. The molecule has 0 N–H and O–H groups in total. The van der Waals surface area contributed by atoms with Gasteiger partial charge in [-0.05, 0) is 69.3 Å². The van der Waals surface area contributed by atoms with Crippen LogP contribution in [0.25, 0.3) is 0 Å². The Morgan fingerprint density at radius 1 is 1.07 bits per heavy atom. The topological polar surface area (TPSA) is 99.3 Å². The molecular weight excluding hydrogens is 572 g/mol. The van der Waals surface area contributed by atoms with Crippen molar-refractivity contribution in [1.29, 1.82) is 0 Å². The number of carbonyl (C=O) groups excluding carboxylic acids is 3. The fourth-order valence-electron chi connectivity index (χ4n) is 5.39. The van der Waals surface area contributed by atoms with Gasteiger partial charge in [0.15, 0.2) is 0 Å². The smallest absolute Gasteiger partial charge is 0.258 e. The largest absolute Gasteiger partial charge is 0.360 e. The normalized spacial score (nSPS) is 17.2. The molecule has 2 aromatic heterocycles. The number of amides is 1. The van der Waals surface area contributed by atoms with Gasteiger partial charge in [-0.2, -0.15) is 10.2 Å². The maximum Gasteiger partial charge on any atom is 0.258 e. The Hall–Kier alpha value is -3.51. The molecule has 1 aliphatic rings. The first-order chi connectivity index (χ1) is 20.3. The van der Waals surface area contributed by atoms with Gasteiger partial charge in [-0.3, -0.25) is 19.1 Å². The number of halogens is 2. The van der Waals surface area contributed by atoms with Crippen molar-refractivity contribution in [1.82, 2.24) is 24.5 Å². The molecule has 2 heterocycles. The predicted molar refractivity (Wildman–Crippen MR) is 160 cm³/mol. The molecule has 0 unspecified atom stereocenters. The van der Waals surface area contributed by atoms with Crippen LogP contribution in [-0.2, 0) is 22.8 Å². The Bertz CT molecular complexity index is 1440. The van der Waals surface area contributed by atoms with Crippen molar-refractivity contribution in [2.75, 3.05) is 13.2 Å². The summed E-state index contributed by atoms with van der Waals surface area (Å²) in [5, 5.41) is 8.81. The monoisotopic (exact) mass is 613 g/mol. The number of aromatic nitrogens is 4. The molecule has 232 valence electrons. The minimum atomic E-state index is -1.24. The number of nitrogens with zero attached hydrogens (tertiary/aromatic N) is 5. The first-order valence-electron chi connectivity index (χ1n) is 14.7. The molecule has 1 amide bonds. The van der Waals surface area contributed by atoms with E-state index in [1.165, 1.54) is 15.8 Å². The summed E-state index contributed by atoms with van der Waals surface area (Å²) in [5.74, 6) is -2.19. The molecule has 0 atom stereocenters. The van der Waals surface area contributed by atoms with Crippen LogP contribution in [-0.4, -0.2) is 63.2 Å². The Morgan fingerprint density at radius 2 is 1.74 bits per heavy atom. The van der Waals surface area contributed by atoms with Gasteiger partial charge in [0.1, 0.15) is 29.8 Å². The number of ketones is 2. The van der Waals surface area contributed by atoms with E-state index in [0.717, 1.165) is 49.9 Å². The van der Waals surface area contributed by atoms with Crippen molar-refractivity contribution in [3.8, 4) is 0 Å². The van der Waals surface area contributed by atoms with E-state index in [9.17, 15) is 23.2 Å². The molecule has 12 heteroatoms. The summed E-state index contributed by atoms with van der Waals surface area (Å²) in [6.45, 7) is 10.5. The van der Waals surface area contributed by atoms with Gasteiger partial charge in [0.25, 0.3) is 5.91 Å². The van der Waals surface area contributed by atoms with Crippen LogP contribution in [0.3, 0.4) is 0 Å². The second kappa shape index (κ2) is 13.9. The first-order valence-corrected chi connectivity index (χ1v) is 18.4. The molecule has 1 fully saturated rings. The zero-order valence-corrected chi connectivity index (χ0v) is 26.6. The number of hydrogen-bond acceptors (Lipinski definition) is 6. The van der Waals surface area contributed by atoms with Gasteiger partial charge in [-0.15, -0.1) is 0 Å². The zero-order chi connectivity index (χ0) is 31.3. The highest BCUT2D eigenvalue weighted by atomic mass is 28.3. The lowest BCUT2D eigenvalue weighted by Gasteiger charge is -2.28. The van der Waals surface area contributed by atoms with E-state index in [4.69, 9.17) is 4.74 Å².